The molecule has 0 radical (unpaired) electrons. The number of hydrogen-bond donors (Lipinski definition) is 2. The molecule has 2 N–H and O–H groups in total. The topological polar surface area (TPSA) is 69.6 Å². The van der Waals surface area contributed by atoms with E-state index < -0.39 is 10.2 Å². The predicted octanol–water partition coefficient (Wildman–Crippen LogP) is 0.466. The first-order valence-electron chi connectivity index (χ1n) is 6.50. The molecule has 0 aromatic rings. The third-order valence-electron chi connectivity index (χ3n) is 3.91. The van der Waals surface area contributed by atoms with Crippen LogP contribution in [-0.2, 0) is 10.2 Å². The van der Waals surface area contributed by atoms with E-state index in [0.717, 1.165) is 32.1 Å². The van der Waals surface area contributed by atoms with Crippen LogP contribution >= 0.6 is 0 Å². The van der Waals surface area contributed by atoms with Crippen LogP contribution in [0.5, 0.6) is 0 Å². The first kappa shape index (κ1) is 13.3. The van der Waals surface area contributed by atoms with Crippen molar-refractivity contribution in [3.8, 4) is 0 Å². The van der Waals surface area contributed by atoms with Gasteiger partial charge in [-0.2, -0.15) is 12.7 Å². The van der Waals surface area contributed by atoms with Crippen LogP contribution in [0, 0.1) is 5.92 Å². The maximum atomic E-state index is 12.0. The molecular formula is C11H22N2O3S. The molecule has 5 nitrogen and oxygen atoms in total. The summed E-state index contributed by atoms with van der Waals surface area (Å²) >= 11 is 0. The standard InChI is InChI=1S/C11H22N2O3S/c1-2-12-17(15,16)13-8-4-6-10(13)9-5-3-7-11(9)14/h9-12,14H,2-8H2,1H3. The average molecular weight is 262 g/mol. The van der Waals surface area contributed by atoms with Crippen LogP contribution in [0.3, 0.4) is 0 Å². The molecule has 1 saturated heterocycles. The molecule has 0 amide bonds. The molecule has 1 heterocycles. The summed E-state index contributed by atoms with van der Waals surface area (Å²) in [7, 11) is -3.35. The molecule has 6 heteroatoms. The van der Waals surface area contributed by atoms with E-state index in [1.807, 2.05) is 0 Å². The summed E-state index contributed by atoms with van der Waals surface area (Å²) in [6.07, 6.45) is 4.24. The summed E-state index contributed by atoms with van der Waals surface area (Å²) in [5.41, 5.74) is 0. The highest BCUT2D eigenvalue weighted by Gasteiger charge is 2.42. The molecule has 17 heavy (non-hydrogen) atoms. The Hall–Kier alpha value is -0.170. The maximum absolute atomic E-state index is 12.0. The van der Waals surface area contributed by atoms with Crippen LogP contribution in [0.2, 0.25) is 0 Å². The summed E-state index contributed by atoms with van der Waals surface area (Å²) in [6, 6.07) is -0.00319. The van der Waals surface area contributed by atoms with Crippen LogP contribution in [-0.4, -0.2) is 43.1 Å². The van der Waals surface area contributed by atoms with Gasteiger partial charge < -0.3 is 5.11 Å². The minimum Gasteiger partial charge on any atom is -0.393 e. The Kier molecular flexibility index (Phi) is 4.07. The first-order valence-corrected chi connectivity index (χ1v) is 7.94. The van der Waals surface area contributed by atoms with E-state index in [0.29, 0.717) is 13.1 Å². The fourth-order valence-electron chi connectivity index (χ4n) is 3.18. The fourth-order valence-corrected chi connectivity index (χ4v) is 4.69. The third-order valence-corrected chi connectivity index (χ3v) is 5.63. The van der Waals surface area contributed by atoms with E-state index in [-0.39, 0.29) is 18.1 Å². The molecular weight excluding hydrogens is 240 g/mol. The summed E-state index contributed by atoms with van der Waals surface area (Å²) in [6.45, 7) is 2.79. The van der Waals surface area contributed by atoms with E-state index in [1.54, 1.807) is 11.2 Å². The minimum absolute atomic E-state index is 0.00319. The van der Waals surface area contributed by atoms with Crippen LogP contribution in [0.15, 0.2) is 0 Å². The molecule has 100 valence electrons. The van der Waals surface area contributed by atoms with Gasteiger partial charge in [0.1, 0.15) is 0 Å². The van der Waals surface area contributed by atoms with Crippen molar-refractivity contribution in [3.05, 3.63) is 0 Å². The fraction of sp³-hybridized carbons (Fsp3) is 1.00. The molecule has 1 aliphatic heterocycles. The molecule has 1 aliphatic carbocycles. The maximum Gasteiger partial charge on any atom is 0.279 e. The van der Waals surface area contributed by atoms with Gasteiger partial charge in [-0.3, -0.25) is 0 Å². The quantitative estimate of drug-likeness (QED) is 0.773. The summed E-state index contributed by atoms with van der Waals surface area (Å²) in [5, 5.41) is 9.92. The second-order valence-corrected chi connectivity index (χ2v) is 6.69. The minimum atomic E-state index is -3.35. The van der Waals surface area contributed by atoms with Gasteiger partial charge in [0.2, 0.25) is 0 Å². The van der Waals surface area contributed by atoms with Crippen LogP contribution in [0.1, 0.15) is 39.0 Å². The smallest absolute Gasteiger partial charge is 0.279 e. The Morgan fingerprint density at radius 2 is 2.06 bits per heavy atom. The highest BCUT2D eigenvalue weighted by molar-refractivity contribution is 7.87. The Morgan fingerprint density at radius 1 is 1.29 bits per heavy atom. The van der Waals surface area contributed by atoms with Crippen molar-refractivity contribution in [2.45, 2.75) is 51.2 Å². The van der Waals surface area contributed by atoms with Crippen LogP contribution < -0.4 is 4.72 Å². The van der Waals surface area contributed by atoms with E-state index in [9.17, 15) is 13.5 Å². The van der Waals surface area contributed by atoms with Crippen molar-refractivity contribution >= 4 is 10.2 Å². The second-order valence-electron chi connectivity index (χ2n) is 4.99. The molecule has 0 aromatic carbocycles. The van der Waals surface area contributed by atoms with E-state index in [2.05, 4.69) is 4.72 Å². The van der Waals surface area contributed by atoms with Gasteiger partial charge in [-0.25, -0.2) is 4.72 Å². The molecule has 3 unspecified atom stereocenters. The van der Waals surface area contributed by atoms with Gasteiger partial charge in [0, 0.05) is 25.0 Å². The SMILES string of the molecule is CCNS(=O)(=O)N1CCCC1C1CCCC1O. The Bertz CT molecular complexity index is 358. The van der Waals surface area contributed by atoms with Crippen molar-refractivity contribution in [1.29, 1.82) is 0 Å². The normalized spacial score (nSPS) is 35.5. The number of aliphatic hydroxyl groups is 1. The van der Waals surface area contributed by atoms with Crippen molar-refractivity contribution in [2.75, 3.05) is 13.1 Å². The van der Waals surface area contributed by atoms with Gasteiger partial charge in [-0.15, -0.1) is 0 Å². The summed E-state index contributed by atoms with van der Waals surface area (Å²) < 4.78 is 28.2. The Morgan fingerprint density at radius 3 is 2.65 bits per heavy atom. The van der Waals surface area contributed by atoms with Crippen molar-refractivity contribution < 1.29 is 13.5 Å². The van der Waals surface area contributed by atoms with Crippen molar-refractivity contribution in [3.63, 3.8) is 0 Å². The Labute approximate surface area is 103 Å². The highest BCUT2D eigenvalue weighted by atomic mass is 32.2. The lowest BCUT2D eigenvalue weighted by Crippen LogP contribution is -2.47. The first-order chi connectivity index (χ1) is 8.06. The van der Waals surface area contributed by atoms with Gasteiger partial charge in [-0.1, -0.05) is 13.3 Å². The highest BCUT2D eigenvalue weighted by Crippen LogP contribution is 2.36. The van der Waals surface area contributed by atoms with E-state index in [4.69, 9.17) is 0 Å². The number of aliphatic hydroxyl groups excluding tert-OH is 1. The Balaban J connectivity index is 2.12. The molecule has 2 fully saturated rings. The zero-order valence-electron chi connectivity index (χ0n) is 10.3. The number of rotatable bonds is 4. The molecule has 0 aromatic heterocycles. The van der Waals surface area contributed by atoms with Gasteiger partial charge in [0.25, 0.3) is 10.2 Å². The lowest BCUT2D eigenvalue weighted by atomic mass is 9.95. The van der Waals surface area contributed by atoms with Crippen molar-refractivity contribution in [1.82, 2.24) is 9.03 Å². The lowest BCUT2D eigenvalue weighted by Gasteiger charge is -2.30. The second kappa shape index (κ2) is 5.22. The van der Waals surface area contributed by atoms with Crippen LogP contribution in [0.25, 0.3) is 0 Å². The number of nitrogens with one attached hydrogen (secondary N) is 1. The van der Waals surface area contributed by atoms with Gasteiger partial charge in [-0.05, 0) is 25.7 Å². The average Bonchev–Trinajstić information content (AvgIpc) is 2.85. The zero-order chi connectivity index (χ0) is 12.5. The van der Waals surface area contributed by atoms with Gasteiger partial charge in [0.05, 0.1) is 6.10 Å². The number of nitrogens with zero attached hydrogens (tertiary/aromatic N) is 1. The van der Waals surface area contributed by atoms with Crippen LogP contribution in [0.4, 0.5) is 0 Å². The molecule has 1 saturated carbocycles. The largest absolute Gasteiger partial charge is 0.393 e. The number of hydrogen-bond acceptors (Lipinski definition) is 3. The van der Waals surface area contributed by atoms with E-state index in [1.165, 1.54) is 0 Å². The molecule has 2 aliphatic rings. The monoisotopic (exact) mass is 262 g/mol. The van der Waals surface area contributed by atoms with Crippen molar-refractivity contribution in [2.24, 2.45) is 5.92 Å². The predicted molar refractivity (Wildman–Crippen MR) is 65.7 cm³/mol. The van der Waals surface area contributed by atoms with Gasteiger partial charge >= 0.3 is 0 Å². The molecule has 0 bridgehead atoms. The molecule has 3 atom stereocenters. The summed E-state index contributed by atoms with van der Waals surface area (Å²) in [4.78, 5) is 0. The molecule has 0 spiro atoms. The van der Waals surface area contributed by atoms with Gasteiger partial charge in [0.15, 0.2) is 0 Å². The van der Waals surface area contributed by atoms with E-state index >= 15 is 0 Å². The summed E-state index contributed by atoms with van der Waals surface area (Å²) in [5.74, 6) is 0.130. The molecule has 2 rings (SSSR count). The zero-order valence-corrected chi connectivity index (χ0v) is 11.1. The third kappa shape index (κ3) is 2.65. The lowest BCUT2D eigenvalue weighted by molar-refractivity contribution is 0.0972.